The maximum Gasteiger partial charge on any atom is 0.191 e. The zero-order valence-electron chi connectivity index (χ0n) is 15.2. The van der Waals surface area contributed by atoms with Crippen LogP contribution in [-0.2, 0) is 16.4 Å². The summed E-state index contributed by atoms with van der Waals surface area (Å²) in [6.07, 6.45) is 0. The number of nitrogens with zero attached hydrogens (tertiary/aromatic N) is 2. The summed E-state index contributed by atoms with van der Waals surface area (Å²) < 4.78 is 28.3. The van der Waals surface area contributed by atoms with Crippen molar-refractivity contribution in [3.05, 3.63) is 29.3 Å². The van der Waals surface area contributed by atoms with E-state index in [1.165, 1.54) is 0 Å². The number of hydrogen-bond donors (Lipinski definition) is 2. The molecule has 8 heteroatoms. The number of sulfone groups is 1. The Labute approximate surface area is 150 Å². The number of nitrogens with one attached hydrogen (secondary N) is 2. The lowest BCUT2D eigenvalue weighted by atomic mass is 10.1. The molecule has 1 fully saturated rings. The Morgan fingerprint density at radius 3 is 2.64 bits per heavy atom. The van der Waals surface area contributed by atoms with Gasteiger partial charge in [0.05, 0.1) is 18.6 Å². The molecule has 2 N–H and O–H groups in total. The fourth-order valence-electron chi connectivity index (χ4n) is 2.70. The van der Waals surface area contributed by atoms with Crippen molar-refractivity contribution in [2.24, 2.45) is 4.99 Å². The van der Waals surface area contributed by atoms with Gasteiger partial charge in [-0.15, -0.1) is 0 Å². The second-order valence-electron chi connectivity index (χ2n) is 6.16. The predicted molar refractivity (Wildman–Crippen MR) is 101 cm³/mol. The van der Waals surface area contributed by atoms with Gasteiger partial charge < -0.3 is 15.4 Å². The van der Waals surface area contributed by atoms with Crippen LogP contribution in [0.2, 0.25) is 0 Å². The molecule has 2 rings (SSSR count). The zero-order chi connectivity index (χ0) is 18.3. The van der Waals surface area contributed by atoms with Gasteiger partial charge in [-0.2, -0.15) is 0 Å². The van der Waals surface area contributed by atoms with E-state index in [4.69, 9.17) is 4.74 Å². The number of rotatable bonds is 6. The van der Waals surface area contributed by atoms with Crippen LogP contribution in [0.1, 0.15) is 11.1 Å². The largest absolute Gasteiger partial charge is 0.496 e. The molecular formula is C17H28N4O3S. The van der Waals surface area contributed by atoms with Crippen molar-refractivity contribution in [3.63, 3.8) is 0 Å². The van der Waals surface area contributed by atoms with Crippen molar-refractivity contribution < 1.29 is 13.2 Å². The molecule has 0 atom stereocenters. The van der Waals surface area contributed by atoms with E-state index < -0.39 is 9.84 Å². The minimum absolute atomic E-state index is 0.257. The van der Waals surface area contributed by atoms with E-state index >= 15 is 0 Å². The molecule has 7 nitrogen and oxygen atoms in total. The number of benzene rings is 1. The van der Waals surface area contributed by atoms with Gasteiger partial charge >= 0.3 is 0 Å². The Bertz CT molecular complexity index is 690. The maximum absolute atomic E-state index is 11.4. The summed E-state index contributed by atoms with van der Waals surface area (Å²) in [5.74, 6) is 2.09. The molecule has 0 aliphatic carbocycles. The first-order valence-corrected chi connectivity index (χ1v) is 10.3. The summed E-state index contributed by atoms with van der Waals surface area (Å²) in [7, 11) is 0.581. The molecule has 25 heavy (non-hydrogen) atoms. The molecule has 0 spiro atoms. The topological polar surface area (TPSA) is 83.0 Å². The van der Waals surface area contributed by atoms with E-state index in [0.717, 1.165) is 23.4 Å². The molecule has 0 saturated carbocycles. The minimum atomic E-state index is -2.82. The fraction of sp³-hybridized carbons (Fsp3) is 0.588. The number of hydrogen-bond acceptors (Lipinski definition) is 5. The first kappa shape index (κ1) is 19.5. The Morgan fingerprint density at radius 1 is 1.28 bits per heavy atom. The van der Waals surface area contributed by atoms with E-state index in [0.29, 0.717) is 32.1 Å². The summed E-state index contributed by atoms with van der Waals surface area (Å²) in [4.78, 5) is 6.38. The monoisotopic (exact) mass is 368 g/mol. The molecule has 0 bridgehead atoms. The average Bonchev–Trinajstić information content (AvgIpc) is 2.60. The maximum atomic E-state index is 11.4. The van der Waals surface area contributed by atoms with Crippen LogP contribution in [0.15, 0.2) is 23.2 Å². The number of ether oxygens (including phenoxy) is 1. The smallest absolute Gasteiger partial charge is 0.191 e. The van der Waals surface area contributed by atoms with Crippen molar-refractivity contribution in [1.29, 1.82) is 0 Å². The molecular weight excluding hydrogens is 340 g/mol. The standard InChI is InChI=1S/C17H28N4O3S/c1-14-4-5-15(16(12-14)24-3)13-20-17(18-2)19-6-7-21-8-10-25(22,23)11-9-21/h4-5,12H,6-11,13H2,1-3H3,(H2,18,19,20). The van der Waals surface area contributed by atoms with Crippen molar-refractivity contribution in [2.45, 2.75) is 13.5 Å². The Balaban J connectivity index is 1.76. The van der Waals surface area contributed by atoms with Crippen molar-refractivity contribution in [3.8, 4) is 5.75 Å². The Hall–Kier alpha value is -1.80. The lowest BCUT2D eigenvalue weighted by molar-refractivity contribution is 0.299. The number of guanidine groups is 1. The third kappa shape index (κ3) is 6.21. The number of aryl methyl sites for hydroxylation is 1. The molecule has 0 unspecified atom stereocenters. The van der Waals surface area contributed by atoms with Crippen LogP contribution in [0.3, 0.4) is 0 Å². The van der Waals surface area contributed by atoms with Crippen molar-refractivity contribution in [1.82, 2.24) is 15.5 Å². The lowest BCUT2D eigenvalue weighted by Crippen LogP contribution is -2.45. The molecule has 0 aromatic heterocycles. The van der Waals surface area contributed by atoms with E-state index in [2.05, 4.69) is 26.6 Å². The normalized spacial score (nSPS) is 18.0. The highest BCUT2D eigenvalue weighted by Crippen LogP contribution is 2.19. The quantitative estimate of drug-likeness (QED) is 0.559. The molecule has 1 aromatic rings. The van der Waals surface area contributed by atoms with Crippen LogP contribution in [0, 0.1) is 6.92 Å². The number of methoxy groups -OCH3 is 1. The average molecular weight is 369 g/mol. The highest BCUT2D eigenvalue weighted by molar-refractivity contribution is 7.91. The molecule has 1 aromatic carbocycles. The molecule has 0 radical (unpaired) electrons. The molecule has 1 heterocycles. The highest BCUT2D eigenvalue weighted by atomic mass is 32.2. The van der Waals surface area contributed by atoms with E-state index in [-0.39, 0.29) is 11.5 Å². The zero-order valence-corrected chi connectivity index (χ0v) is 16.0. The molecule has 1 saturated heterocycles. The summed E-state index contributed by atoms with van der Waals surface area (Å²) >= 11 is 0. The van der Waals surface area contributed by atoms with Gasteiger partial charge in [-0.1, -0.05) is 12.1 Å². The van der Waals surface area contributed by atoms with Crippen LogP contribution in [-0.4, -0.2) is 71.1 Å². The second-order valence-corrected chi connectivity index (χ2v) is 8.46. The van der Waals surface area contributed by atoms with Crippen LogP contribution >= 0.6 is 0 Å². The van der Waals surface area contributed by atoms with E-state index in [9.17, 15) is 8.42 Å². The van der Waals surface area contributed by atoms with Crippen molar-refractivity contribution >= 4 is 15.8 Å². The Morgan fingerprint density at radius 2 is 2.00 bits per heavy atom. The molecule has 140 valence electrons. The second kappa shape index (κ2) is 9.05. The highest BCUT2D eigenvalue weighted by Gasteiger charge is 2.20. The summed E-state index contributed by atoms with van der Waals surface area (Å²) in [5.41, 5.74) is 2.23. The van der Waals surface area contributed by atoms with E-state index in [1.807, 2.05) is 19.1 Å². The van der Waals surface area contributed by atoms with Gasteiger partial charge in [-0.3, -0.25) is 9.89 Å². The summed E-state index contributed by atoms with van der Waals surface area (Å²) in [5, 5.41) is 6.54. The first-order valence-electron chi connectivity index (χ1n) is 8.44. The molecule has 1 aliphatic heterocycles. The van der Waals surface area contributed by atoms with Gasteiger partial charge in [0.15, 0.2) is 15.8 Å². The van der Waals surface area contributed by atoms with Gasteiger partial charge in [0.25, 0.3) is 0 Å². The number of aliphatic imine (C=N–C) groups is 1. The Kier molecular flexibility index (Phi) is 7.07. The van der Waals surface area contributed by atoms with Crippen molar-refractivity contribution in [2.75, 3.05) is 51.8 Å². The first-order chi connectivity index (χ1) is 11.9. The predicted octanol–water partition coefficient (Wildman–Crippen LogP) is 0.399. The van der Waals surface area contributed by atoms with Crippen LogP contribution < -0.4 is 15.4 Å². The van der Waals surface area contributed by atoms with Gasteiger partial charge in [-0.05, 0) is 18.6 Å². The summed E-state index contributed by atoms with van der Waals surface area (Å²) in [6.45, 7) is 5.37. The third-order valence-electron chi connectivity index (χ3n) is 4.27. The minimum Gasteiger partial charge on any atom is -0.496 e. The van der Waals surface area contributed by atoms with Gasteiger partial charge in [-0.25, -0.2) is 8.42 Å². The fourth-order valence-corrected chi connectivity index (χ4v) is 3.98. The van der Waals surface area contributed by atoms with Crippen LogP contribution in [0.4, 0.5) is 0 Å². The summed E-state index contributed by atoms with van der Waals surface area (Å²) in [6, 6.07) is 6.11. The SMILES string of the molecule is CN=C(NCCN1CCS(=O)(=O)CC1)NCc1ccc(C)cc1OC. The van der Waals surface area contributed by atoms with Crippen LogP contribution in [0.5, 0.6) is 5.75 Å². The lowest BCUT2D eigenvalue weighted by Gasteiger charge is -2.26. The molecule has 1 aliphatic rings. The third-order valence-corrected chi connectivity index (χ3v) is 5.88. The molecule has 0 amide bonds. The van der Waals surface area contributed by atoms with E-state index in [1.54, 1.807) is 14.2 Å². The van der Waals surface area contributed by atoms with Crippen LogP contribution in [0.25, 0.3) is 0 Å². The van der Waals surface area contributed by atoms with Gasteiger partial charge in [0.1, 0.15) is 5.75 Å². The van der Waals surface area contributed by atoms with Gasteiger partial charge in [0, 0.05) is 45.3 Å². The van der Waals surface area contributed by atoms with Gasteiger partial charge in [0.2, 0.25) is 0 Å².